The third kappa shape index (κ3) is 6.52. The highest BCUT2D eigenvalue weighted by molar-refractivity contribution is 6.39. The summed E-state index contributed by atoms with van der Waals surface area (Å²) < 4.78 is 11.5. The van der Waals surface area contributed by atoms with Crippen molar-refractivity contribution in [3.05, 3.63) is 75.5 Å². The van der Waals surface area contributed by atoms with Crippen LogP contribution in [0, 0.1) is 0 Å². The number of likely N-dealkylation sites (tertiary alicyclic amines) is 1. The fourth-order valence-electron chi connectivity index (χ4n) is 8.00. The summed E-state index contributed by atoms with van der Waals surface area (Å²) >= 11 is 14.3. The monoisotopic (exact) mass is 727 g/mol. The lowest BCUT2D eigenvalue weighted by molar-refractivity contribution is -0.121. The molecule has 0 unspecified atom stereocenters. The highest BCUT2D eigenvalue weighted by Crippen LogP contribution is 2.43. The van der Waals surface area contributed by atoms with Gasteiger partial charge in [0.2, 0.25) is 23.6 Å². The number of ether oxygens (including phenoxy) is 2. The molecule has 4 aliphatic rings. The van der Waals surface area contributed by atoms with E-state index in [1.807, 2.05) is 36.4 Å². The van der Waals surface area contributed by atoms with Crippen LogP contribution in [-0.2, 0) is 29.1 Å². The summed E-state index contributed by atoms with van der Waals surface area (Å²) in [6.45, 7) is 4.57. The highest BCUT2D eigenvalue weighted by Gasteiger charge is 2.47. The van der Waals surface area contributed by atoms with Crippen LogP contribution in [0.2, 0.25) is 10.0 Å². The lowest BCUT2D eigenvalue weighted by Gasteiger charge is -2.47. The van der Waals surface area contributed by atoms with Crippen LogP contribution in [0.5, 0.6) is 11.8 Å². The summed E-state index contributed by atoms with van der Waals surface area (Å²) in [7, 11) is 3.24. The Balaban J connectivity index is 1.05. The topological polar surface area (TPSA) is 122 Å². The summed E-state index contributed by atoms with van der Waals surface area (Å²) in [6.07, 6.45) is 5.45. The van der Waals surface area contributed by atoms with Gasteiger partial charge in [-0.3, -0.25) is 24.4 Å². The van der Waals surface area contributed by atoms with E-state index in [9.17, 15) is 9.59 Å². The molecular weight excluding hydrogens is 689 g/mol. The number of benzene rings is 2. The van der Waals surface area contributed by atoms with Crippen LogP contribution < -0.4 is 20.1 Å². The van der Waals surface area contributed by atoms with Crippen LogP contribution in [0.3, 0.4) is 0 Å². The van der Waals surface area contributed by atoms with E-state index in [2.05, 4.69) is 26.5 Å². The number of halogens is 2. The average Bonchev–Trinajstić information content (AvgIpc) is 3.72. The highest BCUT2D eigenvalue weighted by atomic mass is 35.5. The molecular formula is C38H39Cl2N7O4. The minimum Gasteiger partial charge on any atom is -0.481 e. The SMILES string of the molecule is COc1nc(-c2cccc(-c3cccc(-c4cc5c(c(OC)n4)CCN(C[C@H]4CCC(=O)N4)C5)c3Cl)c2Cl)cnc1CN1CC2(CCC(=O)N2)C1. The average molecular weight is 729 g/mol. The van der Waals surface area contributed by atoms with Crippen LogP contribution in [0.25, 0.3) is 33.6 Å². The van der Waals surface area contributed by atoms with Gasteiger partial charge >= 0.3 is 0 Å². The molecule has 2 N–H and O–H groups in total. The first-order valence-electron chi connectivity index (χ1n) is 17.3. The van der Waals surface area contributed by atoms with E-state index >= 15 is 0 Å². The van der Waals surface area contributed by atoms with E-state index in [-0.39, 0.29) is 23.4 Å². The maximum absolute atomic E-state index is 11.8. The second kappa shape index (κ2) is 13.7. The Kier molecular flexibility index (Phi) is 9.08. The molecule has 0 bridgehead atoms. The Labute approximate surface area is 306 Å². The summed E-state index contributed by atoms with van der Waals surface area (Å²) in [6, 6.07) is 13.9. The van der Waals surface area contributed by atoms with Crippen molar-refractivity contribution in [1.29, 1.82) is 0 Å². The fraction of sp³-hybridized carbons (Fsp3) is 0.395. The lowest BCUT2D eigenvalue weighted by Crippen LogP contribution is -2.66. The number of fused-ring (bicyclic) bond motifs is 1. The quantitative estimate of drug-likeness (QED) is 0.237. The summed E-state index contributed by atoms with van der Waals surface area (Å²) in [4.78, 5) is 42.6. The van der Waals surface area contributed by atoms with Gasteiger partial charge in [-0.25, -0.2) is 9.97 Å². The van der Waals surface area contributed by atoms with Crippen LogP contribution in [0.15, 0.2) is 48.7 Å². The van der Waals surface area contributed by atoms with E-state index < -0.39 is 0 Å². The Hall–Kier alpha value is -4.29. The molecule has 51 heavy (non-hydrogen) atoms. The van der Waals surface area contributed by atoms with Gasteiger partial charge in [0.05, 0.1) is 47.4 Å². The Morgan fingerprint density at radius 2 is 1.55 bits per heavy atom. The number of amides is 2. The van der Waals surface area contributed by atoms with Gasteiger partial charge in [-0.2, -0.15) is 0 Å². The molecule has 0 aliphatic carbocycles. The number of rotatable bonds is 9. The molecule has 6 heterocycles. The van der Waals surface area contributed by atoms with Crippen molar-refractivity contribution in [2.75, 3.05) is 40.4 Å². The van der Waals surface area contributed by atoms with Crippen molar-refractivity contribution in [2.45, 2.75) is 56.8 Å². The van der Waals surface area contributed by atoms with Crippen LogP contribution >= 0.6 is 23.2 Å². The molecule has 1 spiro atoms. The molecule has 264 valence electrons. The van der Waals surface area contributed by atoms with Crippen molar-refractivity contribution >= 4 is 35.0 Å². The zero-order chi connectivity index (χ0) is 35.3. The minimum absolute atomic E-state index is 0.108. The van der Waals surface area contributed by atoms with Gasteiger partial charge in [-0.1, -0.05) is 59.6 Å². The Morgan fingerprint density at radius 1 is 0.863 bits per heavy atom. The number of aromatic nitrogens is 3. The Morgan fingerprint density at radius 3 is 2.20 bits per heavy atom. The second-order valence-electron chi connectivity index (χ2n) is 14.0. The first-order chi connectivity index (χ1) is 24.7. The van der Waals surface area contributed by atoms with Crippen molar-refractivity contribution in [2.24, 2.45) is 0 Å². The van der Waals surface area contributed by atoms with Crippen LogP contribution in [-0.4, -0.2) is 88.5 Å². The van der Waals surface area contributed by atoms with Gasteiger partial charge < -0.3 is 20.1 Å². The molecule has 4 aromatic rings. The maximum Gasteiger partial charge on any atom is 0.237 e. The zero-order valence-electron chi connectivity index (χ0n) is 28.6. The molecule has 2 aromatic heterocycles. The van der Waals surface area contributed by atoms with Gasteiger partial charge in [0.1, 0.15) is 5.69 Å². The molecule has 4 aliphatic heterocycles. The smallest absolute Gasteiger partial charge is 0.237 e. The van der Waals surface area contributed by atoms with Gasteiger partial charge in [0, 0.05) is 86.0 Å². The second-order valence-corrected chi connectivity index (χ2v) is 14.7. The predicted octanol–water partition coefficient (Wildman–Crippen LogP) is 5.30. The van der Waals surface area contributed by atoms with Crippen molar-refractivity contribution < 1.29 is 19.1 Å². The molecule has 2 aromatic carbocycles. The molecule has 8 rings (SSSR count). The Bertz CT molecular complexity index is 2040. The molecule has 0 radical (unpaired) electrons. The van der Waals surface area contributed by atoms with Crippen LogP contribution in [0.1, 0.15) is 42.5 Å². The zero-order valence-corrected chi connectivity index (χ0v) is 30.1. The maximum atomic E-state index is 11.8. The number of hydrogen-bond donors (Lipinski definition) is 2. The largest absolute Gasteiger partial charge is 0.481 e. The number of pyridine rings is 1. The number of nitrogens with zero attached hydrogens (tertiary/aromatic N) is 5. The normalized spacial score (nSPS) is 19.8. The van der Waals surface area contributed by atoms with Crippen LogP contribution in [0.4, 0.5) is 0 Å². The van der Waals surface area contributed by atoms with Crippen molar-refractivity contribution in [3.63, 3.8) is 0 Å². The summed E-state index contributed by atoms with van der Waals surface area (Å²) in [5, 5.41) is 7.23. The number of carbonyl (C=O) groups is 2. The number of methoxy groups -OCH3 is 2. The first kappa shape index (κ1) is 33.8. The summed E-state index contributed by atoms with van der Waals surface area (Å²) in [5.74, 6) is 1.29. The molecule has 1 atom stereocenters. The van der Waals surface area contributed by atoms with Gasteiger partial charge in [-0.05, 0) is 30.9 Å². The van der Waals surface area contributed by atoms with Crippen molar-refractivity contribution in [3.8, 4) is 45.4 Å². The molecule has 2 amide bonds. The number of hydrogen-bond acceptors (Lipinski definition) is 9. The van der Waals surface area contributed by atoms with Gasteiger partial charge in [0.15, 0.2) is 0 Å². The van der Waals surface area contributed by atoms with E-state index in [0.717, 1.165) is 91.2 Å². The van der Waals surface area contributed by atoms with E-state index in [1.54, 1.807) is 20.4 Å². The molecule has 13 heteroatoms. The molecule has 11 nitrogen and oxygen atoms in total. The molecule has 3 saturated heterocycles. The molecule has 0 saturated carbocycles. The third-order valence-corrected chi connectivity index (χ3v) is 11.3. The van der Waals surface area contributed by atoms with Gasteiger partial charge in [0.25, 0.3) is 0 Å². The van der Waals surface area contributed by atoms with E-state index in [0.29, 0.717) is 52.4 Å². The van der Waals surface area contributed by atoms with E-state index in [1.165, 1.54) is 0 Å². The first-order valence-corrected chi connectivity index (χ1v) is 18.1. The summed E-state index contributed by atoms with van der Waals surface area (Å²) in [5.41, 5.74) is 7.16. The number of nitrogens with one attached hydrogen (secondary N) is 2. The fourth-order valence-corrected chi connectivity index (χ4v) is 8.65. The van der Waals surface area contributed by atoms with Gasteiger partial charge in [-0.15, -0.1) is 0 Å². The third-order valence-electron chi connectivity index (χ3n) is 10.5. The predicted molar refractivity (Wildman–Crippen MR) is 195 cm³/mol. The van der Waals surface area contributed by atoms with E-state index in [4.69, 9.17) is 47.6 Å². The van der Waals surface area contributed by atoms with Crippen molar-refractivity contribution in [1.82, 2.24) is 35.4 Å². The molecule has 3 fully saturated rings. The standard InChI is InChI=1S/C38H39Cl2N7O4/c1-50-36-24-12-14-46(18-23-9-10-32(48)42-23)17-22(24)15-29(43-36)27-7-3-5-25(34(27)39)26-6-4-8-28(35(26)40)30-16-41-31(37(44-30)51-2)19-47-20-38(21-47)13-11-33(49)45-38/h3-8,15-16,23H,9-14,17-21H2,1-2H3,(H,42,48)(H,45,49)/t23-/m1/s1. The number of carbonyl (C=O) groups excluding carboxylic acids is 2. The minimum atomic E-state index is -0.108. The lowest BCUT2D eigenvalue weighted by atomic mass is 9.88.